The van der Waals surface area contributed by atoms with Gasteiger partial charge >= 0.3 is 6.03 Å². The number of carbonyl (C=O) groups excluding carboxylic acids is 2. The minimum absolute atomic E-state index is 0.136. The molecule has 0 radical (unpaired) electrons. The van der Waals surface area contributed by atoms with Gasteiger partial charge < -0.3 is 15.5 Å². The SMILES string of the molecule is Cc1cc(C)c(NC(=O)N[C@H]2CC(=O)N(c3cccc(F)c3)C2)c(C)c1. The molecule has 26 heavy (non-hydrogen) atoms. The molecular formula is C20H22FN3O2. The van der Waals surface area contributed by atoms with Gasteiger partial charge in [0.2, 0.25) is 5.91 Å². The number of nitrogens with one attached hydrogen (secondary N) is 2. The molecule has 6 heteroatoms. The molecule has 1 fully saturated rings. The normalized spacial score (nSPS) is 16.7. The average molecular weight is 355 g/mol. The van der Waals surface area contributed by atoms with E-state index in [1.165, 1.54) is 17.0 Å². The third-order valence-electron chi connectivity index (χ3n) is 4.50. The van der Waals surface area contributed by atoms with Gasteiger partial charge in [0, 0.05) is 24.3 Å². The van der Waals surface area contributed by atoms with Crippen LogP contribution in [0.25, 0.3) is 0 Å². The molecule has 1 aliphatic rings. The number of hydrogen-bond donors (Lipinski definition) is 2. The molecule has 0 unspecified atom stereocenters. The average Bonchev–Trinajstić information content (AvgIpc) is 2.91. The molecule has 0 saturated carbocycles. The van der Waals surface area contributed by atoms with Gasteiger partial charge in [0.15, 0.2) is 0 Å². The summed E-state index contributed by atoms with van der Waals surface area (Å²) in [6.07, 6.45) is 0.190. The second-order valence-electron chi connectivity index (χ2n) is 6.76. The maximum absolute atomic E-state index is 13.4. The monoisotopic (exact) mass is 355 g/mol. The second kappa shape index (κ2) is 7.15. The largest absolute Gasteiger partial charge is 0.333 e. The van der Waals surface area contributed by atoms with E-state index >= 15 is 0 Å². The zero-order chi connectivity index (χ0) is 18.8. The maximum Gasteiger partial charge on any atom is 0.319 e. The molecule has 2 aromatic rings. The van der Waals surface area contributed by atoms with Gasteiger partial charge in [0.1, 0.15) is 5.82 Å². The quantitative estimate of drug-likeness (QED) is 0.882. The first-order valence-corrected chi connectivity index (χ1v) is 8.55. The summed E-state index contributed by atoms with van der Waals surface area (Å²) in [5.41, 5.74) is 4.39. The zero-order valence-corrected chi connectivity index (χ0v) is 15.1. The molecule has 1 heterocycles. The van der Waals surface area contributed by atoms with E-state index in [1.54, 1.807) is 12.1 Å². The fraction of sp³-hybridized carbons (Fsp3) is 0.300. The van der Waals surface area contributed by atoms with Crippen molar-refractivity contribution in [2.75, 3.05) is 16.8 Å². The summed E-state index contributed by atoms with van der Waals surface area (Å²) in [6.45, 7) is 6.22. The third-order valence-corrected chi connectivity index (χ3v) is 4.50. The number of rotatable bonds is 3. The summed E-state index contributed by atoms with van der Waals surface area (Å²) in [5, 5.41) is 5.71. The lowest BCUT2D eigenvalue weighted by atomic mass is 10.1. The van der Waals surface area contributed by atoms with Crippen LogP contribution in [-0.2, 0) is 4.79 Å². The Hall–Kier alpha value is -2.89. The first-order chi connectivity index (χ1) is 12.3. The molecular weight excluding hydrogens is 333 g/mol. The lowest BCUT2D eigenvalue weighted by Gasteiger charge is -2.18. The summed E-state index contributed by atoms with van der Waals surface area (Å²) in [4.78, 5) is 26.1. The van der Waals surface area contributed by atoms with E-state index in [4.69, 9.17) is 0 Å². The number of anilines is 2. The van der Waals surface area contributed by atoms with E-state index < -0.39 is 5.82 Å². The van der Waals surface area contributed by atoms with Crippen molar-refractivity contribution in [3.05, 3.63) is 58.9 Å². The number of aryl methyl sites for hydroxylation is 3. The number of hydrogen-bond acceptors (Lipinski definition) is 2. The highest BCUT2D eigenvalue weighted by Gasteiger charge is 2.31. The van der Waals surface area contributed by atoms with Crippen LogP contribution in [0.15, 0.2) is 36.4 Å². The molecule has 3 rings (SSSR count). The third kappa shape index (κ3) is 3.85. The van der Waals surface area contributed by atoms with Gasteiger partial charge in [-0.2, -0.15) is 0 Å². The fourth-order valence-corrected chi connectivity index (χ4v) is 3.41. The minimum Gasteiger partial charge on any atom is -0.333 e. The lowest BCUT2D eigenvalue weighted by Crippen LogP contribution is -2.40. The molecule has 5 nitrogen and oxygen atoms in total. The highest BCUT2D eigenvalue weighted by atomic mass is 19.1. The molecule has 1 aliphatic heterocycles. The van der Waals surface area contributed by atoms with Crippen molar-refractivity contribution >= 4 is 23.3 Å². The second-order valence-corrected chi connectivity index (χ2v) is 6.76. The van der Waals surface area contributed by atoms with Crippen LogP contribution in [-0.4, -0.2) is 24.5 Å². The zero-order valence-electron chi connectivity index (χ0n) is 15.1. The van der Waals surface area contributed by atoms with Crippen molar-refractivity contribution < 1.29 is 14.0 Å². The van der Waals surface area contributed by atoms with E-state index in [1.807, 2.05) is 32.9 Å². The minimum atomic E-state index is -0.394. The van der Waals surface area contributed by atoms with Crippen molar-refractivity contribution in [3.8, 4) is 0 Å². The Morgan fingerprint density at radius 1 is 1.15 bits per heavy atom. The summed E-state index contributed by atoms with van der Waals surface area (Å²) >= 11 is 0. The summed E-state index contributed by atoms with van der Waals surface area (Å²) in [5.74, 6) is -0.529. The number of carbonyl (C=O) groups is 2. The molecule has 1 saturated heterocycles. The Labute approximate surface area is 152 Å². The molecule has 0 aromatic heterocycles. The van der Waals surface area contributed by atoms with Crippen molar-refractivity contribution in [1.29, 1.82) is 0 Å². The van der Waals surface area contributed by atoms with E-state index in [9.17, 15) is 14.0 Å². The summed E-state index contributed by atoms with van der Waals surface area (Å²) < 4.78 is 13.4. The van der Waals surface area contributed by atoms with Crippen LogP contribution >= 0.6 is 0 Å². The predicted octanol–water partition coefficient (Wildman–Crippen LogP) is 3.68. The molecule has 0 bridgehead atoms. The van der Waals surface area contributed by atoms with Gasteiger partial charge in [0.05, 0.1) is 6.04 Å². The van der Waals surface area contributed by atoms with Gasteiger partial charge in [-0.3, -0.25) is 4.79 Å². The predicted molar refractivity (Wildman–Crippen MR) is 100.0 cm³/mol. The van der Waals surface area contributed by atoms with Crippen molar-refractivity contribution in [2.24, 2.45) is 0 Å². The Morgan fingerprint density at radius 3 is 2.50 bits per heavy atom. The molecule has 2 aromatic carbocycles. The first-order valence-electron chi connectivity index (χ1n) is 8.55. The number of amides is 3. The van der Waals surface area contributed by atoms with Gasteiger partial charge in [-0.1, -0.05) is 23.8 Å². The molecule has 1 atom stereocenters. The standard InChI is InChI=1S/C20H22FN3O2/c1-12-7-13(2)19(14(3)8-12)23-20(26)22-16-10-18(25)24(11-16)17-6-4-5-15(21)9-17/h4-9,16H,10-11H2,1-3H3,(H2,22,23,26)/t16-/m0/s1. The van der Waals surface area contributed by atoms with Crippen LogP contribution in [0.3, 0.4) is 0 Å². The Kier molecular flexibility index (Phi) is 4.93. The lowest BCUT2D eigenvalue weighted by molar-refractivity contribution is -0.117. The van der Waals surface area contributed by atoms with Crippen molar-refractivity contribution in [2.45, 2.75) is 33.2 Å². The molecule has 136 valence electrons. The smallest absolute Gasteiger partial charge is 0.319 e. The van der Waals surface area contributed by atoms with Crippen LogP contribution in [0.4, 0.5) is 20.6 Å². The van der Waals surface area contributed by atoms with Crippen LogP contribution in [0.2, 0.25) is 0 Å². The highest BCUT2D eigenvalue weighted by molar-refractivity contribution is 5.98. The van der Waals surface area contributed by atoms with E-state index in [2.05, 4.69) is 10.6 Å². The number of nitrogens with zero attached hydrogens (tertiary/aromatic N) is 1. The summed E-state index contributed by atoms with van der Waals surface area (Å²) in [7, 11) is 0. The van der Waals surface area contributed by atoms with Crippen LogP contribution < -0.4 is 15.5 Å². The fourth-order valence-electron chi connectivity index (χ4n) is 3.41. The van der Waals surface area contributed by atoms with Gasteiger partial charge in [0.25, 0.3) is 0 Å². The van der Waals surface area contributed by atoms with Crippen molar-refractivity contribution in [3.63, 3.8) is 0 Å². The van der Waals surface area contributed by atoms with Crippen LogP contribution in [0, 0.1) is 26.6 Å². The maximum atomic E-state index is 13.4. The number of urea groups is 1. The van der Waals surface area contributed by atoms with E-state index in [-0.39, 0.29) is 24.4 Å². The first kappa shape index (κ1) is 17.9. The molecule has 0 spiro atoms. The van der Waals surface area contributed by atoms with E-state index in [0.29, 0.717) is 12.2 Å². The highest BCUT2D eigenvalue weighted by Crippen LogP contribution is 2.24. The van der Waals surface area contributed by atoms with E-state index in [0.717, 1.165) is 22.4 Å². The molecule has 0 aliphatic carbocycles. The number of halogens is 1. The van der Waals surface area contributed by atoms with Crippen LogP contribution in [0.1, 0.15) is 23.1 Å². The number of benzene rings is 2. The Morgan fingerprint density at radius 2 is 1.85 bits per heavy atom. The van der Waals surface area contributed by atoms with Crippen LogP contribution in [0.5, 0.6) is 0 Å². The van der Waals surface area contributed by atoms with Gasteiger partial charge in [-0.15, -0.1) is 0 Å². The Balaban J connectivity index is 1.65. The van der Waals surface area contributed by atoms with Crippen molar-refractivity contribution in [1.82, 2.24) is 5.32 Å². The topological polar surface area (TPSA) is 61.4 Å². The van der Waals surface area contributed by atoms with Gasteiger partial charge in [-0.05, 0) is 50.1 Å². The molecule has 2 N–H and O–H groups in total. The Bertz CT molecular complexity index is 843. The van der Waals surface area contributed by atoms with Gasteiger partial charge in [-0.25, -0.2) is 9.18 Å². The summed E-state index contributed by atoms with van der Waals surface area (Å²) in [6, 6.07) is 9.24. The molecule has 3 amide bonds.